The fourth-order valence-corrected chi connectivity index (χ4v) is 0. The average molecular weight is 112 g/mol. The van der Waals surface area contributed by atoms with E-state index in [1.54, 1.807) is 0 Å². The molecule has 0 unspecified atom stereocenters. The van der Waals surface area contributed by atoms with Gasteiger partial charge in [0.2, 0.25) is 0 Å². The van der Waals surface area contributed by atoms with Gasteiger partial charge in [0.15, 0.2) is 0 Å². The number of hydrogen-bond acceptors (Lipinski definition) is 2. The first kappa shape index (κ1) is 9.09. The summed E-state index contributed by atoms with van der Waals surface area (Å²) in [4.78, 5) is 0. The Morgan fingerprint density at radius 2 is 1.80 bits per heavy atom. The van der Waals surface area contributed by atoms with Crippen LogP contribution in [0.4, 0.5) is 0 Å². The van der Waals surface area contributed by atoms with Crippen LogP contribution in [0, 0.1) is 0 Å². The zero-order chi connectivity index (χ0) is 3.41. The molecule has 0 spiro atoms. The number of nitrogens with two attached hydrogens (primary N) is 1. The van der Waals surface area contributed by atoms with E-state index in [1.807, 2.05) is 0 Å². The third-order valence-electron chi connectivity index (χ3n) is 0.129. The van der Waals surface area contributed by atoms with E-state index in [0.29, 0.717) is 6.54 Å². The summed E-state index contributed by atoms with van der Waals surface area (Å²) in [7, 11) is 0. The summed E-state index contributed by atoms with van der Waals surface area (Å²) < 4.78 is 0. The maximum Gasteiger partial charge on any atom is 0.0553 e. The Bertz CT molecular complexity index is 11.6. The van der Waals surface area contributed by atoms with Gasteiger partial charge in [-0.2, -0.15) is 0 Å². The maximum atomic E-state index is 7.75. The van der Waals surface area contributed by atoms with Gasteiger partial charge >= 0.3 is 0 Å². The van der Waals surface area contributed by atoms with Gasteiger partial charge < -0.3 is 10.8 Å². The van der Waals surface area contributed by atoms with Crippen molar-refractivity contribution in [2.45, 2.75) is 0 Å². The molecule has 0 rings (SSSR count). The summed E-state index contributed by atoms with van der Waals surface area (Å²) in [5.41, 5.74) is 4.78. The minimum atomic E-state index is 0. The normalized spacial score (nSPS) is 6.00. The van der Waals surface area contributed by atoms with Crippen LogP contribution in [0.1, 0.15) is 0 Å². The van der Waals surface area contributed by atoms with Crippen LogP contribution in [0.3, 0.4) is 0 Å². The zero-order valence-corrected chi connectivity index (χ0v) is 4.28. The number of rotatable bonds is 1. The van der Waals surface area contributed by atoms with E-state index in [0.717, 1.165) is 0 Å². The van der Waals surface area contributed by atoms with E-state index in [2.05, 4.69) is 0 Å². The van der Waals surface area contributed by atoms with Crippen LogP contribution < -0.4 is 5.73 Å². The molecule has 0 amide bonds. The summed E-state index contributed by atoms with van der Waals surface area (Å²) in [6, 6.07) is 0. The molecule has 0 saturated heterocycles. The molecule has 0 aliphatic rings. The Kier molecular flexibility index (Phi) is 16.0. The van der Waals surface area contributed by atoms with Crippen molar-refractivity contribution in [3.8, 4) is 0 Å². The van der Waals surface area contributed by atoms with Crippen LogP contribution in [0.25, 0.3) is 0 Å². The molecule has 0 heterocycles. The Morgan fingerprint density at radius 1 is 1.60 bits per heavy atom. The predicted octanol–water partition coefficient (Wildman–Crippen LogP) is -1.07. The van der Waals surface area contributed by atoms with Crippen LogP contribution in [0.5, 0.6) is 0 Å². The summed E-state index contributed by atoms with van der Waals surface area (Å²) >= 11 is 0. The molecule has 3 heteroatoms. The van der Waals surface area contributed by atoms with Gasteiger partial charge in [-0.1, -0.05) is 0 Å². The van der Waals surface area contributed by atoms with Crippen molar-refractivity contribution in [2.24, 2.45) is 5.73 Å². The van der Waals surface area contributed by atoms with Gasteiger partial charge in [0.1, 0.15) is 0 Å². The third-order valence-corrected chi connectivity index (χ3v) is 0.129. The molecule has 0 saturated carbocycles. The minimum absolute atomic E-state index is 0. The Hall–Kier alpha value is 0.504. The Morgan fingerprint density at radius 3 is 1.80 bits per heavy atom. The molecule has 0 aromatic rings. The van der Waals surface area contributed by atoms with Gasteiger partial charge in [0.25, 0.3) is 0 Å². The van der Waals surface area contributed by atoms with Crippen molar-refractivity contribution < 1.29 is 23.7 Å². The quantitative estimate of drug-likeness (QED) is 0.454. The van der Waals surface area contributed by atoms with Crippen LogP contribution in [0.2, 0.25) is 0 Å². The first-order valence-corrected chi connectivity index (χ1v) is 1.22. The van der Waals surface area contributed by atoms with Crippen LogP contribution in [-0.4, -0.2) is 18.3 Å². The van der Waals surface area contributed by atoms with E-state index in [4.69, 9.17) is 10.8 Å². The molecule has 0 aromatic heterocycles. The summed E-state index contributed by atoms with van der Waals surface area (Å²) in [5, 5.41) is 7.75. The molecule has 5 heavy (non-hydrogen) atoms. The van der Waals surface area contributed by atoms with Gasteiger partial charge in [0.05, 0.1) is 6.61 Å². The van der Waals surface area contributed by atoms with Gasteiger partial charge in [-0.05, 0) is 0 Å². The Balaban J connectivity index is 0. The molecule has 0 aliphatic carbocycles. The molecular formula is C2H7NOV. The van der Waals surface area contributed by atoms with E-state index in [9.17, 15) is 0 Å². The fraction of sp³-hybridized carbons (Fsp3) is 1.00. The standard InChI is InChI=1S/C2H7NO.V/c3-1-2-4;/h4H,1-3H2;. The van der Waals surface area contributed by atoms with Crippen molar-refractivity contribution >= 4 is 0 Å². The second kappa shape index (κ2) is 8.82. The first-order valence-electron chi connectivity index (χ1n) is 1.22. The molecule has 2 nitrogen and oxygen atoms in total. The smallest absolute Gasteiger partial charge is 0.0553 e. The predicted molar refractivity (Wildman–Crippen MR) is 16.1 cm³/mol. The molecule has 1 radical (unpaired) electrons. The average Bonchev–Trinajstić information content (AvgIpc) is 1.37. The molecule has 31 valence electrons. The van der Waals surface area contributed by atoms with Gasteiger partial charge in [-0.15, -0.1) is 0 Å². The van der Waals surface area contributed by atoms with Crippen molar-refractivity contribution in [1.29, 1.82) is 0 Å². The van der Waals surface area contributed by atoms with Gasteiger partial charge in [-0.3, -0.25) is 0 Å². The Labute approximate surface area is 43.2 Å². The molecule has 0 aliphatic heterocycles. The summed E-state index contributed by atoms with van der Waals surface area (Å²) in [6.07, 6.45) is 0. The van der Waals surface area contributed by atoms with Crippen LogP contribution in [-0.2, 0) is 18.6 Å². The molecule has 0 bridgehead atoms. The molecular weight excluding hydrogens is 105 g/mol. The fourth-order valence-electron chi connectivity index (χ4n) is 0. The van der Waals surface area contributed by atoms with Crippen LogP contribution in [0.15, 0.2) is 0 Å². The van der Waals surface area contributed by atoms with E-state index in [-0.39, 0.29) is 25.2 Å². The van der Waals surface area contributed by atoms with Crippen molar-refractivity contribution in [3.63, 3.8) is 0 Å². The zero-order valence-electron chi connectivity index (χ0n) is 2.89. The second-order valence-electron chi connectivity index (χ2n) is 0.512. The summed E-state index contributed by atoms with van der Waals surface area (Å²) in [5.74, 6) is 0. The van der Waals surface area contributed by atoms with E-state index >= 15 is 0 Å². The largest absolute Gasteiger partial charge is 0.395 e. The number of aliphatic hydroxyl groups is 1. The third kappa shape index (κ3) is 12.5. The van der Waals surface area contributed by atoms with E-state index in [1.165, 1.54) is 0 Å². The first-order chi connectivity index (χ1) is 1.91. The SMILES string of the molecule is NCCO.[V]. The maximum absolute atomic E-state index is 7.75. The second-order valence-corrected chi connectivity index (χ2v) is 0.512. The molecule has 3 N–H and O–H groups in total. The molecule has 0 aromatic carbocycles. The minimum Gasteiger partial charge on any atom is -0.395 e. The summed E-state index contributed by atoms with van der Waals surface area (Å²) in [6.45, 7) is 0.472. The van der Waals surface area contributed by atoms with Gasteiger partial charge in [0, 0.05) is 25.1 Å². The monoisotopic (exact) mass is 112 g/mol. The van der Waals surface area contributed by atoms with E-state index < -0.39 is 0 Å². The molecule has 0 atom stereocenters. The van der Waals surface area contributed by atoms with Gasteiger partial charge in [-0.25, -0.2) is 0 Å². The van der Waals surface area contributed by atoms with Crippen molar-refractivity contribution in [3.05, 3.63) is 0 Å². The number of hydrogen-bond donors (Lipinski definition) is 2. The van der Waals surface area contributed by atoms with Crippen molar-refractivity contribution in [1.82, 2.24) is 0 Å². The topological polar surface area (TPSA) is 46.2 Å². The number of aliphatic hydroxyl groups excluding tert-OH is 1. The van der Waals surface area contributed by atoms with Crippen molar-refractivity contribution in [2.75, 3.05) is 13.2 Å². The molecule has 0 fully saturated rings. The van der Waals surface area contributed by atoms with Crippen LogP contribution >= 0.6 is 0 Å².